The maximum Gasteiger partial charge on any atom is 0.253 e. The molecule has 1 aliphatic rings. The van der Waals surface area contributed by atoms with Gasteiger partial charge in [0.1, 0.15) is 5.69 Å². The van der Waals surface area contributed by atoms with Gasteiger partial charge in [0, 0.05) is 43.5 Å². The zero-order chi connectivity index (χ0) is 25.2. The lowest BCUT2D eigenvalue weighted by molar-refractivity contribution is -0.116. The van der Waals surface area contributed by atoms with Crippen LogP contribution in [0.5, 0.6) is 0 Å². The van der Waals surface area contributed by atoms with Crippen LogP contribution in [-0.4, -0.2) is 44.9 Å². The highest BCUT2D eigenvalue weighted by molar-refractivity contribution is 6.10. The van der Waals surface area contributed by atoms with Crippen LogP contribution in [0.15, 0.2) is 53.9 Å². The van der Waals surface area contributed by atoms with Crippen LogP contribution in [0.3, 0.4) is 0 Å². The summed E-state index contributed by atoms with van der Waals surface area (Å²) in [5.74, 6) is 0.577. The number of carbonyl (C=O) groups excluding carboxylic acids is 2. The van der Waals surface area contributed by atoms with E-state index in [1.165, 1.54) is 0 Å². The Morgan fingerprint density at radius 2 is 1.94 bits per heavy atom. The average Bonchev–Trinajstić information content (AvgIpc) is 3.30. The van der Waals surface area contributed by atoms with Crippen LogP contribution in [0.1, 0.15) is 41.9 Å². The van der Waals surface area contributed by atoms with Crippen molar-refractivity contribution in [3.63, 3.8) is 0 Å². The molecule has 0 atom stereocenters. The van der Waals surface area contributed by atoms with Crippen molar-refractivity contribution in [2.75, 3.05) is 12.4 Å². The van der Waals surface area contributed by atoms with Crippen LogP contribution in [0.2, 0.25) is 0 Å². The van der Waals surface area contributed by atoms with Gasteiger partial charge in [0.2, 0.25) is 5.91 Å². The van der Waals surface area contributed by atoms with Gasteiger partial charge in [0.05, 0.1) is 28.5 Å². The van der Waals surface area contributed by atoms with E-state index in [1.807, 2.05) is 38.1 Å². The van der Waals surface area contributed by atoms with E-state index in [1.54, 1.807) is 31.7 Å². The maximum atomic E-state index is 12.4. The summed E-state index contributed by atoms with van der Waals surface area (Å²) in [7, 11) is 1.60. The second-order valence-corrected chi connectivity index (χ2v) is 9.01. The summed E-state index contributed by atoms with van der Waals surface area (Å²) in [6.07, 6.45) is 5.52. The second-order valence-electron chi connectivity index (χ2n) is 9.01. The third-order valence-electron chi connectivity index (χ3n) is 5.85. The molecule has 0 saturated heterocycles. The van der Waals surface area contributed by atoms with Gasteiger partial charge >= 0.3 is 0 Å². The first-order chi connectivity index (χ1) is 17.4. The smallest absolute Gasteiger partial charge is 0.253 e. The van der Waals surface area contributed by atoms with E-state index < -0.39 is 0 Å². The fourth-order valence-electron chi connectivity index (χ4n) is 4.14. The predicted octanol–water partition coefficient (Wildman–Crippen LogP) is 3.55. The molecule has 5 rings (SSSR count). The van der Waals surface area contributed by atoms with Crippen LogP contribution < -0.4 is 16.0 Å². The lowest BCUT2D eigenvalue weighted by atomic mass is 10.0. The van der Waals surface area contributed by atoms with Crippen LogP contribution in [0, 0.1) is 5.92 Å². The summed E-state index contributed by atoms with van der Waals surface area (Å²) in [4.78, 5) is 38.1. The van der Waals surface area contributed by atoms with Gasteiger partial charge in [-0.2, -0.15) is 5.10 Å². The highest BCUT2D eigenvalue weighted by Crippen LogP contribution is 2.30. The number of rotatable bonds is 6. The fraction of sp³-hybridized carbons (Fsp3) is 0.231. The van der Waals surface area contributed by atoms with Crippen molar-refractivity contribution >= 4 is 40.1 Å². The lowest BCUT2D eigenvalue weighted by Crippen LogP contribution is -2.28. The number of pyridine rings is 2. The van der Waals surface area contributed by atoms with Crippen LogP contribution >= 0.6 is 0 Å². The topological polar surface area (TPSA) is 137 Å². The third kappa shape index (κ3) is 4.52. The summed E-state index contributed by atoms with van der Waals surface area (Å²) in [6, 6.07) is 9.38. The number of benzene rings is 1. The number of nitrogens with zero attached hydrogens (tertiary/aromatic N) is 4. The summed E-state index contributed by atoms with van der Waals surface area (Å²) < 4.78 is 0. The molecule has 0 fully saturated rings. The number of amides is 2. The Hall–Kier alpha value is -4.60. The number of nitrogens with one attached hydrogen (secondary N) is 4. The molecule has 0 unspecified atom stereocenters. The Morgan fingerprint density at radius 3 is 2.75 bits per heavy atom. The van der Waals surface area contributed by atoms with E-state index >= 15 is 0 Å². The van der Waals surface area contributed by atoms with Gasteiger partial charge in [-0.3, -0.25) is 19.7 Å². The minimum Gasteiger partial charge on any atom is -0.364 e. The van der Waals surface area contributed by atoms with Crippen molar-refractivity contribution in [1.82, 2.24) is 30.8 Å². The van der Waals surface area contributed by atoms with Crippen LogP contribution in [0.4, 0.5) is 11.4 Å². The van der Waals surface area contributed by atoms with Gasteiger partial charge in [-0.15, -0.1) is 0 Å². The molecule has 4 aromatic rings. The number of hydrogen-bond acceptors (Lipinski definition) is 7. The monoisotopic (exact) mass is 482 g/mol. The number of aliphatic imine (C=N–C) groups is 1. The first kappa shape index (κ1) is 23.2. The number of carbonyl (C=O) groups is 2. The quantitative estimate of drug-likeness (QED) is 0.332. The highest BCUT2D eigenvalue weighted by atomic mass is 16.2. The van der Waals surface area contributed by atoms with Gasteiger partial charge < -0.3 is 16.0 Å². The van der Waals surface area contributed by atoms with Crippen molar-refractivity contribution in [2.24, 2.45) is 10.9 Å². The van der Waals surface area contributed by atoms with E-state index in [0.717, 1.165) is 22.1 Å². The van der Waals surface area contributed by atoms with Gasteiger partial charge in [-0.05, 0) is 29.7 Å². The standard InChI is InChI=1S/C26H26N8O2/c1-14(2)7-21(35)31-18-8-16(10-28-13-18)17-9-20-23(33-34-24(20)29-12-17)25-30-11-15-5-4-6-19(22(15)32-25)26(36)27-3/h4-6,8-10,12-14H,7,11H2,1-3H3,(H,27,36)(H,30,32)(H,31,35)(H,29,33,34). The summed E-state index contributed by atoms with van der Waals surface area (Å²) in [5, 5.41) is 17.1. The Kier molecular flexibility index (Phi) is 6.16. The molecular weight excluding hydrogens is 456 g/mol. The highest BCUT2D eigenvalue weighted by Gasteiger charge is 2.22. The fourth-order valence-corrected chi connectivity index (χ4v) is 4.14. The molecule has 1 aliphatic heterocycles. The predicted molar refractivity (Wildman–Crippen MR) is 138 cm³/mol. The van der Waals surface area contributed by atoms with Gasteiger partial charge in [-0.1, -0.05) is 26.0 Å². The number of aromatic nitrogens is 4. The van der Waals surface area contributed by atoms with Crippen molar-refractivity contribution in [2.45, 2.75) is 26.8 Å². The largest absolute Gasteiger partial charge is 0.364 e. The molecule has 3 aromatic heterocycles. The molecule has 0 spiro atoms. The van der Waals surface area contributed by atoms with Gasteiger partial charge in [0.15, 0.2) is 11.5 Å². The van der Waals surface area contributed by atoms with Gasteiger partial charge in [-0.25, -0.2) is 9.98 Å². The molecule has 0 aliphatic carbocycles. The molecule has 0 radical (unpaired) electrons. The molecular formula is C26H26N8O2. The summed E-state index contributed by atoms with van der Waals surface area (Å²) in [5.41, 5.74) is 5.53. The van der Waals surface area contributed by atoms with Crippen LogP contribution in [-0.2, 0) is 11.3 Å². The number of H-pyrrole nitrogens is 1. The van der Waals surface area contributed by atoms with Crippen molar-refractivity contribution < 1.29 is 9.59 Å². The zero-order valence-electron chi connectivity index (χ0n) is 20.2. The molecule has 2 amide bonds. The molecule has 0 saturated carbocycles. The normalized spacial score (nSPS) is 12.6. The van der Waals surface area contributed by atoms with E-state index in [2.05, 4.69) is 36.1 Å². The van der Waals surface area contributed by atoms with E-state index in [-0.39, 0.29) is 17.7 Å². The number of anilines is 1. The Morgan fingerprint density at radius 1 is 1.11 bits per heavy atom. The minimum absolute atomic E-state index is 0.0487. The van der Waals surface area contributed by atoms with Crippen molar-refractivity contribution in [1.29, 1.82) is 0 Å². The molecule has 10 heteroatoms. The first-order valence-corrected chi connectivity index (χ1v) is 11.7. The summed E-state index contributed by atoms with van der Waals surface area (Å²) >= 11 is 0. The number of fused-ring (bicyclic) bond motifs is 2. The SMILES string of the molecule is CNC(=O)c1cccc2c1N=C(c1n[nH]c3ncc(-c4cncc(NC(=O)CC(C)C)c4)cc13)NC2. The van der Waals surface area contributed by atoms with Crippen molar-refractivity contribution in [3.05, 3.63) is 65.7 Å². The number of para-hydroxylation sites is 1. The zero-order valence-corrected chi connectivity index (χ0v) is 20.2. The molecule has 182 valence electrons. The van der Waals surface area contributed by atoms with E-state index in [9.17, 15) is 9.59 Å². The van der Waals surface area contributed by atoms with E-state index in [4.69, 9.17) is 4.99 Å². The number of aromatic amines is 1. The Balaban J connectivity index is 1.51. The minimum atomic E-state index is -0.194. The molecule has 1 aromatic carbocycles. The molecule has 4 N–H and O–H groups in total. The first-order valence-electron chi connectivity index (χ1n) is 11.7. The Labute approximate surface area is 207 Å². The van der Waals surface area contributed by atoms with E-state index in [0.29, 0.717) is 47.1 Å². The molecule has 36 heavy (non-hydrogen) atoms. The number of hydrogen-bond donors (Lipinski definition) is 4. The molecule has 0 bridgehead atoms. The average molecular weight is 483 g/mol. The summed E-state index contributed by atoms with van der Waals surface area (Å²) in [6.45, 7) is 4.52. The van der Waals surface area contributed by atoms with Gasteiger partial charge in [0.25, 0.3) is 5.91 Å². The number of amidine groups is 1. The Bertz CT molecular complexity index is 1510. The lowest BCUT2D eigenvalue weighted by Gasteiger charge is -2.18. The molecule has 4 heterocycles. The maximum absolute atomic E-state index is 12.4. The van der Waals surface area contributed by atoms with Crippen molar-refractivity contribution in [3.8, 4) is 11.1 Å². The van der Waals surface area contributed by atoms with Crippen LogP contribution in [0.25, 0.3) is 22.2 Å². The third-order valence-corrected chi connectivity index (χ3v) is 5.85. The molecule has 10 nitrogen and oxygen atoms in total. The second kappa shape index (κ2) is 9.57.